The summed E-state index contributed by atoms with van der Waals surface area (Å²) in [4.78, 5) is 19.1. The summed E-state index contributed by atoms with van der Waals surface area (Å²) in [5.74, 6) is 7.18. The number of rotatable bonds is 6. The Morgan fingerprint density at radius 2 is 2.03 bits per heavy atom. The summed E-state index contributed by atoms with van der Waals surface area (Å²) < 4.78 is 5.37. The van der Waals surface area contributed by atoms with Gasteiger partial charge in [-0.25, -0.2) is 4.98 Å². The minimum Gasteiger partial charge on any atom is -0.379 e. The SMILES string of the molecule is Cc1ccc(C(=O)NC2CC2)cc1C#Cc1ccc(NCCN2CCOCC2)nc1. The second-order valence-electron chi connectivity index (χ2n) is 7.84. The molecule has 156 valence electrons. The van der Waals surface area contributed by atoms with E-state index in [2.05, 4.69) is 32.4 Å². The molecule has 1 saturated carbocycles. The van der Waals surface area contributed by atoms with Crippen LogP contribution in [0.3, 0.4) is 0 Å². The minimum absolute atomic E-state index is 0.0188. The Kier molecular flexibility index (Phi) is 6.63. The molecule has 0 atom stereocenters. The molecular weight excluding hydrogens is 376 g/mol. The van der Waals surface area contributed by atoms with Crippen LogP contribution in [0.4, 0.5) is 5.82 Å². The van der Waals surface area contributed by atoms with Crippen molar-refractivity contribution in [2.45, 2.75) is 25.8 Å². The van der Waals surface area contributed by atoms with Crippen molar-refractivity contribution in [3.63, 3.8) is 0 Å². The molecule has 1 aliphatic heterocycles. The Morgan fingerprint density at radius 1 is 1.20 bits per heavy atom. The number of aryl methyl sites for hydroxylation is 1. The van der Waals surface area contributed by atoms with Crippen LogP contribution in [0.15, 0.2) is 36.5 Å². The highest BCUT2D eigenvalue weighted by Gasteiger charge is 2.23. The molecule has 2 fully saturated rings. The smallest absolute Gasteiger partial charge is 0.251 e. The summed E-state index contributed by atoms with van der Waals surface area (Å²) in [6.07, 6.45) is 3.94. The molecule has 0 unspecified atom stereocenters. The van der Waals surface area contributed by atoms with Crippen LogP contribution in [0.2, 0.25) is 0 Å². The molecule has 2 aliphatic rings. The van der Waals surface area contributed by atoms with E-state index in [1.807, 2.05) is 37.3 Å². The highest BCUT2D eigenvalue weighted by molar-refractivity contribution is 5.95. The Morgan fingerprint density at radius 3 is 2.77 bits per heavy atom. The molecule has 0 radical (unpaired) electrons. The van der Waals surface area contributed by atoms with E-state index in [1.165, 1.54) is 0 Å². The van der Waals surface area contributed by atoms with Crippen LogP contribution in [0.1, 0.15) is 39.9 Å². The normalized spacial score (nSPS) is 16.4. The fourth-order valence-corrected chi connectivity index (χ4v) is 3.27. The van der Waals surface area contributed by atoms with Crippen molar-refractivity contribution < 1.29 is 9.53 Å². The molecular formula is C24H28N4O2. The number of carbonyl (C=O) groups is 1. The maximum Gasteiger partial charge on any atom is 0.251 e. The van der Waals surface area contributed by atoms with Crippen LogP contribution in [0.25, 0.3) is 0 Å². The average molecular weight is 405 g/mol. The molecule has 1 aliphatic carbocycles. The molecule has 6 heteroatoms. The molecule has 1 saturated heterocycles. The first kappa shape index (κ1) is 20.4. The van der Waals surface area contributed by atoms with Gasteiger partial charge < -0.3 is 15.4 Å². The third-order valence-corrected chi connectivity index (χ3v) is 5.36. The Bertz CT molecular complexity index is 936. The highest BCUT2D eigenvalue weighted by Crippen LogP contribution is 2.20. The number of ether oxygens (including phenoxy) is 1. The second kappa shape index (κ2) is 9.75. The van der Waals surface area contributed by atoms with Gasteiger partial charge >= 0.3 is 0 Å². The Labute approximate surface area is 178 Å². The van der Waals surface area contributed by atoms with Crippen molar-refractivity contribution in [2.75, 3.05) is 44.7 Å². The summed E-state index contributed by atoms with van der Waals surface area (Å²) in [6, 6.07) is 9.95. The number of anilines is 1. The van der Waals surface area contributed by atoms with Gasteiger partial charge in [0, 0.05) is 55.1 Å². The molecule has 2 aromatic rings. The van der Waals surface area contributed by atoms with Gasteiger partial charge in [0.25, 0.3) is 5.91 Å². The average Bonchev–Trinajstić information content (AvgIpc) is 3.59. The van der Waals surface area contributed by atoms with E-state index in [1.54, 1.807) is 6.20 Å². The van der Waals surface area contributed by atoms with E-state index < -0.39 is 0 Å². The fourth-order valence-electron chi connectivity index (χ4n) is 3.27. The van der Waals surface area contributed by atoms with Crippen molar-refractivity contribution in [1.82, 2.24) is 15.2 Å². The first-order valence-corrected chi connectivity index (χ1v) is 10.6. The number of morpholine rings is 1. The number of carbonyl (C=O) groups excluding carboxylic acids is 1. The van der Waals surface area contributed by atoms with Crippen LogP contribution < -0.4 is 10.6 Å². The lowest BCUT2D eigenvalue weighted by atomic mass is 10.0. The third kappa shape index (κ3) is 5.82. The van der Waals surface area contributed by atoms with Gasteiger partial charge in [-0.15, -0.1) is 0 Å². The van der Waals surface area contributed by atoms with E-state index in [9.17, 15) is 4.79 Å². The van der Waals surface area contributed by atoms with Gasteiger partial charge in [0.05, 0.1) is 13.2 Å². The standard InChI is InChI=1S/C24H28N4O2/c1-18-2-5-21(24(29)27-22-7-8-22)16-20(18)6-3-19-4-9-23(26-17-19)25-10-11-28-12-14-30-15-13-28/h2,4-5,9,16-17,22H,7-8,10-15H2,1H3,(H,25,26)(H,27,29). The lowest BCUT2D eigenvalue weighted by molar-refractivity contribution is 0.0398. The van der Waals surface area contributed by atoms with E-state index in [0.29, 0.717) is 11.6 Å². The predicted octanol–water partition coefficient (Wildman–Crippen LogP) is 2.43. The predicted molar refractivity (Wildman–Crippen MR) is 118 cm³/mol. The number of pyridine rings is 1. The molecule has 1 amide bonds. The van der Waals surface area contributed by atoms with Crippen molar-refractivity contribution >= 4 is 11.7 Å². The Balaban J connectivity index is 1.33. The molecule has 0 spiro atoms. The zero-order chi connectivity index (χ0) is 20.8. The zero-order valence-corrected chi connectivity index (χ0v) is 17.4. The van der Waals surface area contributed by atoms with Crippen LogP contribution in [0, 0.1) is 18.8 Å². The summed E-state index contributed by atoms with van der Waals surface area (Å²) in [6.45, 7) is 7.47. The number of benzene rings is 1. The van der Waals surface area contributed by atoms with Gasteiger partial charge in [-0.05, 0) is 49.6 Å². The van der Waals surface area contributed by atoms with Crippen LogP contribution >= 0.6 is 0 Å². The number of nitrogens with zero attached hydrogens (tertiary/aromatic N) is 2. The first-order valence-electron chi connectivity index (χ1n) is 10.6. The number of hydrogen-bond donors (Lipinski definition) is 2. The van der Waals surface area contributed by atoms with E-state index in [4.69, 9.17) is 4.74 Å². The highest BCUT2D eigenvalue weighted by atomic mass is 16.5. The number of aromatic nitrogens is 1. The minimum atomic E-state index is -0.0188. The largest absolute Gasteiger partial charge is 0.379 e. The maximum absolute atomic E-state index is 12.3. The lowest BCUT2D eigenvalue weighted by Gasteiger charge is -2.26. The van der Waals surface area contributed by atoms with Crippen molar-refractivity contribution in [3.05, 3.63) is 58.8 Å². The second-order valence-corrected chi connectivity index (χ2v) is 7.84. The summed E-state index contributed by atoms with van der Waals surface area (Å²) in [5, 5.41) is 6.38. The molecule has 4 rings (SSSR count). The summed E-state index contributed by atoms with van der Waals surface area (Å²) in [7, 11) is 0. The van der Waals surface area contributed by atoms with Crippen molar-refractivity contribution in [1.29, 1.82) is 0 Å². The quantitative estimate of drug-likeness (QED) is 0.724. The summed E-state index contributed by atoms with van der Waals surface area (Å²) in [5.41, 5.74) is 3.43. The topological polar surface area (TPSA) is 66.5 Å². The first-order chi connectivity index (χ1) is 14.7. The van der Waals surface area contributed by atoms with E-state index >= 15 is 0 Å². The van der Waals surface area contributed by atoms with Gasteiger partial charge in [-0.1, -0.05) is 17.9 Å². The van der Waals surface area contributed by atoms with Crippen LogP contribution in [0.5, 0.6) is 0 Å². The van der Waals surface area contributed by atoms with Gasteiger partial charge in [-0.3, -0.25) is 9.69 Å². The number of amides is 1. The van der Waals surface area contributed by atoms with Crippen molar-refractivity contribution in [3.8, 4) is 11.8 Å². The Hall–Kier alpha value is -2.88. The van der Waals surface area contributed by atoms with Crippen molar-refractivity contribution in [2.24, 2.45) is 0 Å². The van der Waals surface area contributed by atoms with Crippen LogP contribution in [-0.2, 0) is 4.74 Å². The third-order valence-electron chi connectivity index (χ3n) is 5.36. The van der Waals surface area contributed by atoms with Gasteiger partial charge in [0.2, 0.25) is 0 Å². The summed E-state index contributed by atoms with van der Waals surface area (Å²) >= 11 is 0. The molecule has 6 nitrogen and oxygen atoms in total. The fraction of sp³-hybridized carbons (Fsp3) is 0.417. The molecule has 1 aromatic carbocycles. The number of hydrogen-bond acceptors (Lipinski definition) is 5. The van der Waals surface area contributed by atoms with Gasteiger partial charge in [-0.2, -0.15) is 0 Å². The van der Waals surface area contributed by atoms with Gasteiger partial charge in [0.1, 0.15) is 5.82 Å². The monoisotopic (exact) mass is 404 g/mol. The van der Waals surface area contributed by atoms with Crippen LogP contribution in [-0.4, -0.2) is 61.2 Å². The molecule has 1 aromatic heterocycles. The van der Waals surface area contributed by atoms with E-state index in [-0.39, 0.29) is 5.91 Å². The molecule has 2 N–H and O–H groups in total. The molecule has 30 heavy (non-hydrogen) atoms. The lowest BCUT2D eigenvalue weighted by Crippen LogP contribution is -2.39. The van der Waals surface area contributed by atoms with Gasteiger partial charge in [0.15, 0.2) is 0 Å². The van der Waals surface area contributed by atoms with E-state index in [0.717, 1.165) is 74.7 Å². The number of nitrogens with one attached hydrogen (secondary N) is 2. The molecule has 0 bridgehead atoms. The molecule has 2 heterocycles. The zero-order valence-electron chi connectivity index (χ0n) is 17.4. The maximum atomic E-state index is 12.3.